The predicted molar refractivity (Wildman–Crippen MR) is 101 cm³/mol. The highest BCUT2D eigenvalue weighted by atomic mass is 19.4. The van der Waals surface area contributed by atoms with Crippen LogP contribution in [0.1, 0.15) is 35.7 Å². The molecule has 8 heteroatoms. The molecule has 1 heterocycles. The van der Waals surface area contributed by atoms with Crippen LogP contribution in [0.3, 0.4) is 0 Å². The van der Waals surface area contributed by atoms with Crippen molar-refractivity contribution < 1.29 is 13.2 Å². The maximum Gasteiger partial charge on any atom is 0.416 e. The van der Waals surface area contributed by atoms with Gasteiger partial charge in [0.15, 0.2) is 5.96 Å². The third kappa shape index (κ3) is 6.30. The van der Waals surface area contributed by atoms with Crippen molar-refractivity contribution in [2.24, 2.45) is 4.99 Å². The summed E-state index contributed by atoms with van der Waals surface area (Å²) in [5.74, 6) is 0.737. The molecular formula is C19H26F3N5. The van der Waals surface area contributed by atoms with Gasteiger partial charge in [0.1, 0.15) is 0 Å². The normalized spacial score (nSPS) is 12.3. The van der Waals surface area contributed by atoms with Crippen molar-refractivity contribution >= 4 is 5.96 Å². The molecule has 0 aliphatic rings. The Balaban J connectivity index is 1.93. The van der Waals surface area contributed by atoms with Crippen LogP contribution >= 0.6 is 0 Å². The molecule has 0 bridgehead atoms. The molecule has 0 aliphatic carbocycles. The summed E-state index contributed by atoms with van der Waals surface area (Å²) in [4.78, 5) is 6.53. The second-order valence-corrected chi connectivity index (χ2v) is 6.41. The van der Waals surface area contributed by atoms with E-state index in [-0.39, 0.29) is 0 Å². The fourth-order valence-electron chi connectivity index (χ4n) is 2.70. The zero-order chi connectivity index (χ0) is 19.9. The van der Waals surface area contributed by atoms with E-state index in [0.717, 1.165) is 48.7 Å². The summed E-state index contributed by atoms with van der Waals surface area (Å²) in [7, 11) is 1.87. The SMILES string of the molecule is CCNC(=NCCCc1cn[nH]c1C)N(C)Cc1ccc(C(F)(F)F)cc1. The van der Waals surface area contributed by atoms with Crippen LogP contribution in [0, 0.1) is 6.92 Å². The number of aryl methyl sites for hydroxylation is 2. The number of aromatic amines is 1. The molecular weight excluding hydrogens is 355 g/mol. The van der Waals surface area contributed by atoms with E-state index in [4.69, 9.17) is 0 Å². The molecule has 2 aromatic rings. The molecule has 0 spiro atoms. The summed E-state index contributed by atoms with van der Waals surface area (Å²) >= 11 is 0. The van der Waals surface area contributed by atoms with Gasteiger partial charge < -0.3 is 10.2 Å². The minimum atomic E-state index is -4.31. The zero-order valence-corrected chi connectivity index (χ0v) is 15.9. The summed E-state index contributed by atoms with van der Waals surface area (Å²) in [6.07, 6.45) is -0.688. The number of hydrogen-bond acceptors (Lipinski definition) is 2. The van der Waals surface area contributed by atoms with Crippen molar-refractivity contribution in [2.45, 2.75) is 39.4 Å². The molecule has 0 saturated carbocycles. The molecule has 0 fully saturated rings. The Labute approximate surface area is 157 Å². The number of H-pyrrole nitrogens is 1. The molecule has 1 aromatic heterocycles. The quantitative estimate of drug-likeness (QED) is 0.436. The van der Waals surface area contributed by atoms with Gasteiger partial charge in [0, 0.05) is 32.4 Å². The summed E-state index contributed by atoms with van der Waals surface area (Å²) in [6, 6.07) is 5.23. The van der Waals surface area contributed by atoms with Crippen molar-refractivity contribution in [2.75, 3.05) is 20.1 Å². The summed E-state index contributed by atoms with van der Waals surface area (Å²) in [5.41, 5.74) is 2.42. The lowest BCUT2D eigenvalue weighted by atomic mass is 10.1. The van der Waals surface area contributed by atoms with Crippen LogP contribution in [-0.2, 0) is 19.1 Å². The van der Waals surface area contributed by atoms with Gasteiger partial charge >= 0.3 is 6.18 Å². The summed E-state index contributed by atoms with van der Waals surface area (Å²) < 4.78 is 38.0. The number of nitrogens with zero attached hydrogens (tertiary/aromatic N) is 3. The fraction of sp³-hybridized carbons (Fsp3) is 0.474. The van der Waals surface area contributed by atoms with Gasteiger partial charge in [-0.25, -0.2) is 0 Å². The Bertz CT molecular complexity index is 735. The second kappa shape index (κ2) is 9.43. The molecule has 27 heavy (non-hydrogen) atoms. The van der Waals surface area contributed by atoms with Crippen molar-refractivity contribution in [3.05, 3.63) is 52.8 Å². The average molecular weight is 381 g/mol. The Morgan fingerprint density at radius 2 is 1.96 bits per heavy atom. The Morgan fingerprint density at radius 1 is 1.26 bits per heavy atom. The molecule has 0 atom stereocenters. The molecule has 5 nitrogen and oxygen atoms in total. The van der Waals surface area contributed by atoms with E-state index in [0.29, 0.717) is 13.1 Å². The van der Waals surface area contributed by atoms with Gasteiger partial charge in [0.25, 0.3) is 0 Å². The third-order valence-electron chi connectivity index (χ3n) is 4.20. The van der Waals surface area contributed by atoms with Gasteiger partial charge in [0.2, 0.25) is 0 Å². The monoisotopic (exact) mass is 381 g/mol. The lowest BCUT2D eigenvalue weighted by Crippen LogP contribution is -2.38. The molecule has 148 valence electrons. The van der Waals surface area contributed by atoms with E-state index in [9.17, 15) is 13.2 Å². The minimum Gasteiger partial charge on any atom is -0.357 e. The third-order valence-corrected chi connectivity index (χ3v) is 4.20. The largest absolute Gasteiger partial charge is 0.416 e. The van der Waals surface area contributed by atoms with Crippen LogP contribution < -0.4 is 5.32 Å². The molecule has 0 unspecified atom stereocenters. The molecule has 1 aromatic carbocycles. The predicted octanol–water partition coefficient (Wildman–Crippen LogP) is 3.77. The van der Waals surface area contributed by atoms with Crippen LogP contribution in [0.15, 0.2) is 35.5 Å². The number of rotatable bonds is 7. The van der Waals surface area contributed by atoms with Crippen LogP contribution in [-0.4, -0.2) is 41.2 Å². The zero-order valence-electron chi connectivity index (χ0n) is 15.9. The minimum absolute atomic E-state index is 0.477. The summed E-state index contributed by atoms with van der Waals surface area (Å²) in [6.45, 7) is 5.83. The smallest absolute Gasteiger partial charge is 0.357 e. The Morgan fingerprint density at radius 3 is 2.52 bits per heavy atom. The average Bonchev–Trinajstić information content (AvgIpc) is 3.02. The Kier molecular flexibility index (Phi) is 7.27. The van der Waals surface area contributed by atoms with E-state index in [1.165, 1.54) is 17.7 Å². The van der Waals surface area contributed by atoms with E-state index >= 15 is 0 Å². The number of hydrogen-bond donors (Lipinski definition) is 2. The number of alkyl halides is 3. The topological polar surface area (TPSA) is 56.3 Å². The lowest BCUT2D eigenvalue weighted by Gasteiger charge is -2.22. The number of guanidine groups is 1. The van der Waals surface area contributed by atoms with Gasteiger partial charge in [0.05, 0.1) is 11.8 Å². The van der Waals surface area contributed by atoms with Crippen molar-refractivity contribution in [3.63, 3.8) is 0 Å². The van der Waals surface area contributed by atoms with E-state index < -0.39 is 11.7 Å². The van der Waals surface area contributed by atoms with Crippen LogP contribution in [0.5, 0.6) is 0 Å². The first-order chi connectivity index (χ1) is 12.8. The van der Waals surface area contributed by atoms with E-state index in [1.807, 2.05) is 32.0 Å². The number of aromatic nitrogens is 2. The fourth-order valence-corrected chi connectivity index (χ4v) is 2.70. The van der Waals surface area contributed by atoms with Crippen LogP contribution in [0.4, 0.5) is 13.2 Å². The Hall–Kier alpha value is -2.51. The number of benzene rings is 1. The highest BCUT2D eigenvalue weighted by molar-refractivity contribution is 5.79. The second-order valence-electron chi connectivity index (χ2n) is 6.41. The maximum atomic E-state index is 12.7. The van der Waals surface area contributed by atoms with Gasteiger partial charge in [-0.2, -0.15) is 18.3 Å². The standard InChI is InChI=1S/C19H26F3N5/c1-4-23-18(24-11-5-6-16-12-25-26-14(16)2)27(3)13-15-7-9-17(10-8-15)19(20,21)22/h7-10,12H,4-6,11,13H2,1-3H3,(H,23,24)(H,25,26). The van der Waals surface area contributed by atoms with Gasteiger partial charge in [-0.05, 0) is 49.9 Å². The highest BCUT2D eigenvalue weighted by Crippen LogP contribution is 2.29. The van der Waals surface area contributed by atoms with Crippen LogP contribution in [0.25, 0.3) is 0 Å². The first kappa shape index (κ1) is 20.8. The molecule has 0 aliphatic heterocycles. The molecule has 0 radical (unpaired) electrons. The first-order valence-electron chi connectivity index (χ1n) is 8.95. The van der Waals surface area contributed by atoms with Gasteiger partial charge in [-0.1, -0.05) is 12.1 Å². The van der Waals surface area contributed by atoms with E-state index in [2.05, 4.69) is 20.5 Å². The van der Waals surface area contributed by atoms with Crippen molar-refractivity contribution in [3.8, 4) is 0 Å². The molecule has 0 saturated heterocycles. The van der Waals surface area contributed by atoms with Gasteiger partial charge in [-0.3, -0.25) is 10.1 Å². The molecule has 2 N–H and O–H groups in total. The summed E-state index contributed by atoms with van der Waals surface area (Å²) in [5, 5.41) is 10.2. The number of nitrogens with one attached hydrogen (secondary N) is 2. The molecule has 0 amide bonds. The lowest BCUT2D eigenvalue weighted by molar-refractivity contribution is -0.137. The number of halogens is 3. The van der Waals surface area contributed by atoms with Crippen LogP contribution in [0.2, 0.25) is 0 Å². The highest BCUT2D eigenvalue weighted by Gasteiger charge is 2.29. The first-order valence-corrected chi connectivity index (χ1v) is 8.95. The maximum absolute atomic E-state index is 12.7. The van der Waals surface area contributed by atoms with Crippen molar-refractivity contribution in [1.82, 2.24) is 20.4 Å². The number of aliphatic imine (C=N–C) groups is 1. The molecule has 2 rings (SSSR count). The van der Waals surface area contributed by atoms with E-state index in [1.54, 1.807) is 0 Å². The van der Waals surface area contributed by atoms with Crippen molar-refractivity contribution in [1.29, 1.82) is 0 Å². The van der Waals surface area contributed by atoms with Gasteiger partial charge in [-0.15, -0.1) is 0 Å².